The monoisotopic (exact) mass is 437 g/mol. The summed E-state index contributed by atoms with van der Waals surface area (Å²) in [6.45, 7) is 4.84. The molecule has 1 atom stereocenters. The number of rotatable bonds is 8. The topological polar surface area (TPSA) is 120 Å². The largest absolute Gasteiger partial charge is 0.409 e. The van der Waals surface area contributed by atoms with Crippen LogP contribution in [0.2, 0.25) is 0 Å². The maximum absolute atomic E-state index is 13.0. The van der Waals surface area contributed by atoms with Gasteiger partial charge in [0.25, 0.3) is 0 Å². The normalized spacial score (nSPS) is 15.5. The number of anilines is 3. The number of amidine groups is 1. The first kappa shape index (κ1) is 23.1. The molecule has 1 saturated heterocycles. The number of nitrogens with zero attached hydrogens (tertiary/aromatic N) is 2. The number of amides is 2. The molecule has 8 heteroatoms. The molecular formula is C24H31N5O3. The molecule has 3 rings (SSSR count). The Morgan fingerprint density at radius 1 is 1.16 bits per heavy atom. The van der Waals surface area contributed by atoms with Gasteiger partial charge >= 0.3 is 0 Å². The number of carbonyl (C=O) groups is 2. The number of nitrogens with one attached hydrogen (secondary N) is 2. The van der Waals surface area contributed by atoms with Crippen LogP contribution in [0.3, 0.4) is 0 Å². The third-order valence-corrected chi connectivity index (χ3v) is 5.40. The quantitative estimate of drug-likeness (QED) is 0.217. The predicted octanol–water partition coefficient (Wildman–Crippen LogP) is 3.76. The second-order valence-corrected chi connectivity index (χ2v) is 8.43. The smallest absolute Gasteiger partial charge is 0.246 e. The summed E-state index contributed by atoms with van der Waals surface area (Å²) in [5.74, 6) is 0.279. The SMILES string of the molecule is CC(C)C[C@H](Nc1cccc(C(N)=NO)c1)C(=O)Nc1ccc(N2CCCCC2=O)cc1. The minimum Gasteiger partial charge on any atom is -0.409 e. The lowest BCUT2D eigenvalue weighted by molar-refractivity contribution is -0.119. The van der Waals surface area contributed by atoms with E-state index in [1.807, 2.05) is 30.3 Å². The van der Waals surface area contributed by atoms with Crippen molar-refractivity contribution in [2.75, 3.05) is 22.1 Å². The number of nitrogens with two attached hydrogens (primary N) is 1. The van der Waals surface area contributed by atoms with Crippen molar-refractivity contribution < 1.29 is 14.8 Å². The number of piperidine rings is 1. The molecule has 1 aliphatic rings. The van der Waals surface area contributed by atoms with Crippen molar-refractivity contribution in [1.29, 1.82) is 0 Å². The predicted molar refractivity (Wildman–Crippen MR) is 127 cm³/mol. The molecule has 0 spiro atoms. The van der Waals surface area contributed by atoms with Crippen molar-refractivity contribution in [3.63, 3.8) is 0 Å². The van der Waals surface area contributed by atoms with E-state index in [0.29, 0.717) is 29.8 Å². The summed E-state index contributed by atoms with van der Waals surface area (Å²) in [6.07, 6.45) is 3.15. The lowest BCUT2D eigenvalue weighted by atomic mass is 10.0. The van der Waals surface area contributed by atoms with Crippen molar-refractivity contribution in [1.82, 2.24) is 0 Å². The fraction of sp³-hybridized carbons (Fsp3) is 0.375. The Bertz CT molecular complexity index is 972. The molecule has 2 amide bonds. The lowest BCUT2D eigenvalue weighted by Crippen LogP contribution is -2.36. The van der Waals surface area contributed by atoms with Crippen LogP contribution in [0.1, 0.15) is 45.1 Å². The van der Waals surface area contributed by atoms with E-state index in [9.17, 15) is 9.59 Å². The number of hydrogen-bond acceptors (Lipinski definition) is 5. The van der Waals surface area contributed by atoms with Crippen LogP contribution in [-0.2, 0) is 9.59 Å². The van der Waals surface area contributed by atoms with Crippen LogP contribution in [0, 0.1) is 5.92 Å². The van der Waals surface area contributed by atoms with E-state index in [1.54, 1.807) is 23.1 Å². The molecule has 8 nitrogen and oxygen atoms in total. The zero-order valence-corrected chi connectivity index (χ0v) is 18.5. The van der Waals surface area contributed by atoms with Crippen LogP contribution in [0.25, 0.3) is 0 Å². The van der Waals surface area contributed by atoms with E-state index < -0.39 is 6.04 Å². The molecule has 1 fully saturated rings. The summed E-state index contributed by atoms with van der Waals surface area (Å²) >= 11 is 0. The third kappa shape index (κ3) is 6.00. The van der Waals surface area contributed by atoms with Crippen LogP contribution in [-0.4, -0.2) is 35.4 Å². The maximum Gasteiger partial charge on any atom is 0.246 e. The third-order valence-electron chi connectivity index (χ3n) is 5.40. The van der Waals surface area contributed by atoms with Crippen molar-refractivity contribution in [2.45, 2.75) is 45.6 Å². The molecule has 0 aromatic heterocycles. The van der Waals surface area contributed by atoms with Gasteiger partial charge in [-0.05, 0) is 61.6 Å². The average Bonchev–Trinajstić information content (AvgIpc) is 2.79. The molecule has 0 unspecified atom stereocenters. The highest BCUT2D eigenvalue weighted by Gasteiger charge is 2.22. The molecule has 2 aromatic carbocycles. The summed E-state index contributed by atoms with van der Waals surface area (Å²) in [5, 5.41) is 18.2. The average molecular weight is 438 g/mol. The molecule has 1 aliphatic heterocycles. The summed E-state index contributed by atoms with van der Waals surface area (Å²) in [4.78, 5) is 27.0. The van der Waals surface area contributed by atoms with E-state index in [1.165, 1.54) is 0 Å². The van der Waals surface area contributed by atoms with Crippen LogP contribution in [0.5, 0.6) is 0 Å². The molecule has 0 radical (unpaired) electrons. The van der Waals surface area contributed by atoms with Gasteiger partial charge in [0.15, 0.2) is 5.84 Å². The van der Waals surface area contributed by atoms with E-state index in [-0.39, 0.29) is 23.6 Å². The van der Waals surface area contributed by atoms with Crippen LogP contribution < -0.4 is 21.3 Å². The summed E-state index contributed by atoms with van der Waals surface area (Å²) in [5.41, 5.74) is 8.46. The van der Waals surface area contributed by atoms with Gasteiger partial charge in [-0.2, -0.15) is 0 Å². The standard InChI is InChI=1S/C24H31N5O3/c1-16(2)14-21(26-19-7-5-6-17(15-19)23(25)28-32)24(31)27-18-9-11-20(12-10-18)29-13-4-3-8-22(29)30/h5-7,9-12,15-16,21,26,32H,3-4,8,13-14H2,1-2H3,(H2,25,28)(H,27,31)/t21-/m0/s1. The second-order valence-electron chi connectivity index (χ2n) is 8.43. The van der Waals surface area contributed by atoms with Crippen LogP contribution in [0.4, 0.5) is 17.1 Å². The highest BCUT2D eigenvalue weighted by molar-refractivity contribution is 5.99. The fourth-order valence-corrected chi connectivity index (χ4v) is 3.76. The Hall–Kier alpha value is -3.55. The number of oxime groups is 1. The zero-order valence-electron chi connectivity index (χ0n) is 18.5. The first-order valence-electron chi connectivity index (χ1n) is 10.9. The van der Waals surface area contributed by atoms with Gasteiger partial charge in [0, 0.05) is 35.6 Å². The second kappa shape index (κ2) is 10.7. The van der Waals surface area contributed by atoms with Crippen molar-refractivity contribution in [3.8, 4) is 0 Å². The first-order valence-corrected chi connectivity index (χ1v) is 10.9. The molecule has 0 saturated carbocycles. The van der Waals surface area contributed by atoms with Gasteiger partial charge < -0.3 is 26.5 Å². The van der Waals surface area contributed by atoms with Gasteiger partial charge in [-0.15, -0.1) is 0 Å². The highest BCUT2D eigenvalue weighted by Crippen LogP contribution is 2.23. The van der Waals surface area contributed by atoms with Gasteiger partial charge in [0.05, 0.1) is 0 Å². The molecule has 0 aliphatic carbocycles. The Morgan fingerprint density at radius 3 is 2.56 bits per heavy atom. The van der Waals surface area contributed by atoms with E-state index in [0.717, 1.165) is 25.1 Å². The van der Waals surface area contributed by atoms with E-state index >= 15 is 0 Å². The van der Waals surface area contributed by atoms with E-state index in [4.69, 9.17) is 10.9 Å². The fourth-order valence-electron chi connectivity index (χ4n) is 3.76. The first-order chi connectivity index (χ1) is 15.4. The van der Waals surface area contributed by atoms with Crippen molar-refractivity contribution in [2.24, 2.45) is 16.8 Å². The number of benzene rings is 2. The molecule has 2 aromatic rings. The lowest BCUT2D eigenvalue weighted by Gasteiger charge is -2.27. The maximum atomic E-state index is 13.0. The highest BCUT2D eigenvalue weighted by atomic mass is 16.4. The van der Waals surface area contributed by atoms with Gasteiger partial charge in [0.1, 0.15) is 6.04 Å². The minimum absolute atomic E-state index is 0.00536. The number of carbonyl (C=O) groups excluding carboxylic acids is 2. The van der Waals surface area contributed by atoms with Gasteiger partial charge in [-0.1, -0.05) is 31.1 Å². The molecule has 5 N–H and O–H groups in total. The number of hydrogen-bond donors (Lipinski definition) is 4. The molecule has 170 valence electrons. The van der Waals surface area contributed by atoms with Crippen LogP contribution >= 0.6 is 0 Å². The summed E-state index contributed by atoms with van der Waals surface area (Å²) in [7, 11) is 0. The molecular weight excluding hydrogens is 406 g/mol. The summed E-state index contributed by atoms with van der Waals surface area (Å²) < 4.78 is 0. The van der Waals surface area contributed by atoms with Gasteiger partial charge in [-0.25, -0.2) is 0 Å². The molecule has 32 heavy (non-hydrogen) atoms. The Labute approximate surface area is 188 Å². The zero-order chi connectivity index (χ0) is 23.1. The summed E-state index contributed by atoms with van der Waals surface area (Å²) in [6, 6.07) is 14.0. The van der Waals surface area contributed by atoms with Gasteiger partial charge in [0.2, 0.25) is 11.8 Å². The molecule has 0 bridgehead atoms. The van der Waals surface area contributed by atoms with Crippen molar-refractivity contribution in [3.05, 3.63) is 54.1 Å². The Kier molecular flexibility index (Phi) is 7.70. The Morgan fingerprint density at radius 2 is 1.91 bits per heavy atom. The minimum atomic E-state index is -0.471. The van der Waals surface area contributed by atoms with Gasteiger partial charge in [-0.3, -0.25) is 9.59 Å². The van der Waals surface area contributed by atoms with E-state index in [2.05, 4.69) is 29.6 Å². The Balaban J connectivity index is 1.70. The molecule has 1 heterocycles. The van der Waals surface area contributed by atoms with Crippen LogP contribution in [0.15, 0.2) is 53.7 Å². The van der Waals surface area contributed by atoms with Crippen molar-refractivity contribution >= 4 is 34.7 Å².